The number of amides is 1. The number of hydrogen-bond donors (Lipinski definition) is 2. The number of halogens is 3. The largest absolute Gasteiger partial charge is 0.416 e. The molecule has 1 aromatic heterocycles. The Balaban J connectivity index is 1.33. The zero-order chi connectivity index (χ0) is 26.2. The molecule has 2 N–H and O–H groups in total. The summed E-state index contributed by atoms with van der Waals surface area (Å²) in [6, 6.07) is 17.7. The molecule has 1 fully saturated rings. The second kappa shape index (κ2) is 9.59. The van der Waals surface area contributed by atoms with Gasteiger partial charge in [-0.3, -0.25) is 9.52 Å². The van der Waals surface area contributed by atoms with E-state index in [0.717, 1.165) is 36.6 Å². The highest BCUT2D eigenvalue weighted by atomic mass is 32.2. The number of benzene rings is 3. The van der Waals surface area contributed by atoms with Crippen molar-refractivity contribution in [1.29, 1.82) is 0 Å². The van der Waals surface area contributed by atoms with E-state index in [-0.39, 0.29) is 23.1 Å². The topological polar surface area (TPSA) is 82.3 Å². The highest BCUT2D eigenvalue weighted by Gasteiger charge is 2.32. The van der Waals surface area contributed by atoms with Crippen LogP contribution in [0.5, 0.6) is 0 Å². The minimum atomic E-state index is -4.68. The standard InChI is InChI=1S/C27H24F3N3O3S/c28-27(29,30)19-6-5-7-20(16-19)37(35,36)32-25-11-4-2-9-22(25)26(34)33-14-12-18(13-15-33)23-17-31-24-10-3-1-8-21(23)24/h1-11,16-18,31-32H,12-15H2. The van der Waals surface area contributed by atoms with E-state index in [0.29, 0.717) is 19.2 Å². The third kappa shape index (κ3) is 5.06. The van der Waals surface area contributed by atoms with Crippen molar-refractivity contribution in [3.63, 3.8) is 0 Å². The molecule has 0 unspecified atom stereocenters. The van der Waals surface area contributed by atoms with Crippen LogP contribution in [0, 0.1) is 0 Å². The molecule has 0 aliphatic carbocycles. The van der Waals surface area contributed by atoms with Gasteiger partial charge in [0.1, 0.15) is 0 Å². The maximum Gasteiger partial charge on any atom is 0.416 e. The number of piperidine rings is 1. The lowest BCUT2D eigenvalue weighted by molar-refractivity contribution is -0.137. The Morgan fingerprint density at radius 1 is 0.946 bits per heavy atom. The third-order valence-corrected chi connectivity index (χ3v) is 8.08. The molecule has 0 bridgehead atoms. The fourth-order valence-electron chi connectivity index (χ4n) is 4.80. The van der Waals surface area contributed by atoms with Gasteiger partial charge >= 0.3 is 6.18 Å². The van der Waals surface area contributed by atoms with Crippen LogP contribution in [0.1, 0.15) is 40.2 Å². The first-order valence-corrected chi connectivity index (χ1v) is 13.3. The summed E-state index contributed by atoms with van der Waals surface area (Å²) in [6.07, 6.45) is -1.15. The molecule has 37 heavy (non-hydrogen) atoms. The number of likely N-dealkylation sites (tertiary alicyclic amines) is 1. The number of aromatic amines is 1. The third-order valence-electron chi connectivity index (χ3n) is 6.72. The van der Waals surface area contributed by atoms with Gasteiger partial charge in [-0.1, -0.05) is 36.4 Å². The van der Waals surface area contributed by atoms with E-state index < -0.39 is 26.7 Å². The lowest BCUT2D eigenvalue weighted by atomic mass is 9.89. The van der Waals surface area contributed by atoms with E-state index in [1.165, 1.54) is 23.1 Å². The second-order valence-corrected chi connectivity index (χ2v) is 10.7. The van der Waals surface area contributed by atoms with E-state index in [9.17, 15) is 26.4 Å². The van der Waals surface area contributed by atoms with E-state index >= 15 is 0 Å². The molecule has 5 rings (SSSR count). The Morgan fingerprint density at radius 2 is 1.65 bits per heavy atom. The predicted octanol–water partition coefficient (Wildman–Crippen LogP) is 6.01. The number of carbonyl (C=O) groups excluding carboxylic acids is 1. The van der Waals surface area contributed by atoms with Crippen molar-refractivity contribution in [2.45, 2.75) is 29.8 Å². The lowest BCUT2D eigenvalue weighted by Gasteiger charge is -2.32. The van der Waals surface area contributed by atoms with Crippen LogP contribution in [0.2, 0.25) is 0 Å². The molecule has 0 spiro atoms. The van der Waals surface area contributed by atoms with Crippen LogP contribution < -0.4 is 4.72 Å². The van der Waals surface area contributed by atoms with Gasteiger partial charge in [0.15, 0.2) is 0 Å². The summed E-state index contributed by atoms with van der Waals surface area (Å²) < 4.78 is 67.4. The van der Waals surface area contributed by atoms with Crippen LogP contribution in [0.25, 0.3) is 10.9 Å². The number of fused-ring (bicyclic) bond motifs is 1. The molecule has 1 aliphatic heterocycles. The summed E-state index contributed by atoms with van der Waals surface area (Å²) in [5.41, 5.74) is 1.38. The SMILES string of the molecule is O=C(c1ccccc1NS(=O)(=O)c1cccc(C(F)(F)F)c1)N1CCC(c2c[nH]c3ccccc23)CC1. The quantitative estimate of drug-likeness (QED) is 0.334. The van der Waals surface area contributed by atoms with Gasteiger partial charge in [-0.15, -0.1) is 0 Å². The highest BCUT2D eigenvalue weighted by Crippen LogP contribution is 2.34. The Morgan fingerprint density at radius 3 is 2.41 bits per heavy atom. The fraction of sp³-hybridized carbons (Fsp3) is 0.222. The number of hydrogen-bond acceptors (Lipinski definition) is 3. The number of carbonyl (C=O) groups is 1. The first kappa shape index (κ1) is 24.9. The van der Waals surface area contributed by atoms with E-state index in [4.69, 9.17) is 0 Å². The average Bonchev–Trinajstić information content (AvgIpc) is 3.32. The normalized spacial score (nSPS) is 15.2. The number of H-pyrrole nitrogens is 1. The number of nitrogens with one attached hydrogen (secondary N) is 2. The molecule has 1 aliphatic rings. The smallest absolute Gasteiger partial charge is 0.361 e. The van der Waals surface area contributed by atoms with Crippen molar-refractivity contribution < 1.29 is 26.4 Å². The molecule has 3 aromatic carbocycles. The van der Waals surface area contributed by atoms with Crippen LogP contribution in [-0.2, 0) is 16.2 Å². The van der Waals surface area contributed by atoms with Gasteiger partial charge in [0, 0.05) is 30.2 Å². The minimum Gasteiger partial charge on any atom is -0.361 e. The van der Waals surface area contributed by atoms with Crippen LogP contribution in [-0.4, -0.2) is 37.3 Å². The van der Waals surface area contributed by atoms with E-state index in [1.54, 1.807) is 17.0 Å². The average molecular weight is 528 g/mol. The summed E-state index contributed by atoms with van der Waals surface area (Å²) in [5.74, 6) is -0.0467. The molecule has 2 heterocycles. The van der Waals surface area contributed by atoms with Gasteiger partial charge in [-0.05, 0) is 60.7 Å². The molecule has 0 saturated carbocycles. The number of sulfonamides is 1. The fourth-order valence-corrected chi connectivity index (χ4v) is 5.92. The molecule has 6 nitrogen and oxygen atoms in total. The first-order valence-electron chi connectivity index (χ1n) is 11.8. The predicted molar refractivity (Wildman–Crippen MR) is 135 cm³/mol. The van der Waals surface area contributed by atoms with Gasteiger partial charge in [-0.2, -0.15) is 13.2 Å². The zero-order valence-corrected chi connectivity index (χ0v) is 20.4. The Bertz CT molecular complexity index is 1560. The van der Waals surface area contributed by atoms with Crippen LogP contribution in [0.4, 0.5) is 18.9 Å². The summed E-state index contributed by atoms with van der Waals surface area (Å²) in [7, 11) is -4.37. The van der Waals surface area contributed by atoms with E-state index in [2.05, 4.69) is 15.8 Å². The summed E-state index contributed by atoms with van der Waals surface area (Å²) in [4.78, 5) is 17.8. The Hall–Kier alpha value is -3.79. The van der Waals surface area contributed by atoms with Crippen molar-refractivity contribution in [1.82, 2.24) is 9.88 Å². The maximum atomic E-state index is 13.4. The summed E-state index contributed by atoms with van der Waals surface area (Å²) >= 11 is 0. The molecule has 1 amide bonds. The lowest BCUT2D eigenvalue weighted by Crippen LogP contribution is -2.38. The van der Waals surface area contributed by atoms with E-state index in [1.807, 2.05) is 24.4 Å². The van der Waals surface area contributed by atoms with Crippen molar-refractivity contribution in [3.8, 4) is 0 Å². The monoisotopic (exact) mass is 527 g/mol. The van der Waals surface area contributed by atoms with Gasteiger partial charge in [0.2, 0.25) is 0 Å². The number of rotatable bonds is 5. The Kier molecular flexibility index (Phi) is 6.45. The van der Waals surface area contributed by atoms with Crippen LogP contribution >= 0.6 is 0 Å². The molecular weight excluding hydrogens is 503 g/mol. The van der Waals surface area contributed by atoms with Gasteiger partial charge in [-0.25, -0.2) is 8.42 Å². The zero-order valence-electron chi connectivity index (χ0n) is 19.6. The summed E-state index contributed by atoms with van der Waals surface area (Å²) in [6.45, 7) is 0.995. The molecule has 4 aromatic rings. The van der Waals surface area contributed by atoms with Gasteiger partial charge in [0.25, 0.3) is 15.9 Å². The molecule has 0 radical (unpaired) electrons. The van der Waals surface area contributed by atoms with Crippen molar-refractivity contribution in [3.05, 3.63) is 95.7 Å². The van der Waals surface area contributed by atoms with Gasteiger partial charge < -0.3 is 9.88 Å². The highest BCUT2D eigenvalue weighted by molar-refractivity contribution is 7.92. The van der Waals surface area contributed by atoms with Crippen molar-refractivity contribution in [2.75, 3.05) is 17.8 Å². The number of aromatic nitrogens is 1. The second-order valence-electron chi connectivity index (χ2n) is 9.03. The first-order chi connectivity index (χ1) is 17.6. The number of para-hydroxylation sites is 2. The number of nitrogens with zero attached hydrogens (tertiary/aromatic N) is 1. The molecule has 192 valence electrons. The van der Waals surface area contributed by atoms with Crippen LogP contribution in [0.15, 0.2) is 83.9 Å². The van der Waals surface area contributed by atoms with Crippen LogP contribution in [0.3, 0.4) is 0 Å². The number of alkyl halides is 3. The molecule has 0 atom stereocenters. The van der Waals surface area contributed by atoms with Crippen molar-refractivity contribution in [2.24, 2.45) is 0 Å². The number of anilines is 1. The minimum absolute atomic E-state index is 0.0173. The summed E-state index contributed by atoms with van der Waals surface area (Å²) in [5, 5.41) is 1.17. The molecule has 10 heteroatoms. The molecule has 1 saturated heterocycles. The molecular formula is C27H24F3N3O3S. The van der Waals surface area contributed by atoms with Gasteiger partial charge in [0.05, 0.1) is 21.7 Å². The van der Waals surface area contributed by atoms with Crippen molar-refractivity contribution >= 4 is 32.5 Å². The maximum absolute atomic E-state index is 13.4. The Labute approximate surface area is 212 Å².